The lowest BCUT2D eigenvalue weighted by molar-refractivity contribution is -0.138. The Hall–Kier alpha value is -3.28. The number of benzene rings is 1. The number of allylic oxidation sites excluding steroid dienone is 1. The number of furan rings is 1. The normalized spacial score (nSPS) is 17.7. The molecule has 1 aliphatic rings. The number of hydrogen-bond donors (Lipinski definition) is 1. The molecule has 2 heterocycles. The molecule has 3 rings (SSSR count). The second-order valence-corrected chi connectivity index (χ2v) is 8.59. The van der Waals surface area contributed by atoms with Crippen molar-refractivity contribution in [2.45, 2.75) is 19.8 Å². The number of nitrogens with zero attached hydrogens (tertiary/aromatic N) is 2. The van der Waals surface area contributed by atoms with Gasteiger partial charge >= 0.3 is 5.97 Å². The van der Waals surface area contributed by atoms with Crippen molar-refractivity contribution < 1.29 is 18.7 Å². The van der Waals surface area contributed by atoms with Crippen molar-refractivity contribution in [3.63, 3.8) is 0 Å². The van der Waals surface area contributed by atoms with Gasteiger partial charge in [-0.05, 0) is 43.7 Å². The molecule has 7 nitrogen and oxygen atoms in total. The lowest BCUT2D eigenvalue weighted by Crippen LogP contribution is -2.30. The summed E-state index contributed by atoms with van der Waals surface area (Å²) in [6.45, 7) is 7.07. The fourth-order valence-corrected chi connectivity index (χ4v) is 4.51. The molecule has 9 heteroatoms. The largest absolute Gasteiger partial charge is 0.469 e. The van der Waals surface area contributed by atoms with Gasteiger partial charge in [0.05, 0.1) is 34.6 Å². The van der Waals surface area contributed by atoms with Gasteiger partial charge in [-0.15, -0.1) is 0 Å². The van der Waals surface area contributed by atoms with Crippen molar-refractivity contribution in [2.75, 3.05) is 17.7 Å². The molecule has 0 spiro atoms. The number of anilines is 1. The van der Waals surface area contributed by atoms with Gasteiger partial charge in [0.2, 0.25) is 5.91 Å². The van der Waals surface area contributed by atoms with Gasteiger partial charge < -0.3 is 14.5 Å². The maximum atomic E-state index is 12.7. The summed E-state index contributed by atoms with van der Waals surface area (Å²) >= 11 is 7.26. The summed E-state index contributed by atoms with van der Waals surface area (Å²) in [6, 6.07) is 10.9. The summed E-state index contributed by atoms with van der Waals surface area (Å²) in [5.74, 6) is -1.92. The van der Waals surface area contributed by atoms with Crippen molar-refractivity contribution in [2.24, 2.45) is 10.9 Å². The highest BCUT2D eigenvalue weighted by molar-refractivity contribution is 8.14. The Bertz CT molecular complexity index is 1160. The number of aliphatic imine (C=N–C) groups is 1. The van der Waals surface area contributed by atoms with Crippen LogP contribution in [0.15, 0.2) is 69.9 Å². The van der Waals surface area contributed by atoms with Gasteiger partial charge in [0.25, 0.3) is 0 Å². The SMILES string of the molecule is C=CCOC(=O)C1=C(C)N=C(SCC(=O)Nc2cccc(Cl)c2C)C(C#N)[C@@H]1c1ccco1. The topological polar surface area (TPSA) is 105 Å². The molecule has 0 radical (unpaired) electrons. The van der Waals surface area contributed by atoms with Gasteiger partial charge in [-0.2, -0.15) is 5.26 Å². The summed E-state index contributed by atoms with van der Waals surface area (Å²) in [4.78, 5) is 29.8. The van der Waals surface area contributed by atoms with E-state index in [4.69, 9.17) is 20.8 Å². The summed E-state index contributed by atoms with van der Waals surface area (Å²) in [5, 5.41) is 13.8. The summed E-state index contributed by atoms with van der Waals surface area (Å²) in [7, 11) is 0. The molecular formula is C24H22ClN3O4S. The Labute approximate surface area is 201 Å². The molecule has 1 aromatic carbocycles. The minimum atomic E-state index is -0.822. The molecule has 0 saturated carbocycles. The predicted molar refractivity (Wildman–Crippen MR) is 129 cm³/mol. The number of carbonyl (C=O) groups is 2. The Balaban J connectivity index is 1.85. The van der Waals surface area contributed by atoms with Crippen molar-refractivity contribution in [1.29, 1.82) is 5.26 Å². The second-order valence-electron chi connectivity index (χ2n) is 7.19. The van der Waals surface area contributed by atoms with E-state index in [9.17, 15) is 14.9 Å². The van der Waals surface area contributed by atoms with Gasteiger partial charge in [0.15, 0.2) is 0 Å². The Morgan fingerprint density at radius 2 is 2.15 bits per heavy atom. The highest BCUT2D eigenvalue weighted by Crippen LogP contribution is 2.41. The van der Waals surface area contributed by atoms with Crippen LogP contribution >= 0.6 is 23.4 Å². The van der Waals surface area contributed by atoms with Crippen molar-refractivity contribution in [1.82, 2.24) is 0 Å². The van der Waals surface area contributed by atoms with Crippen molar-refractivity contribution in [3.8, 4) is 6.07 Å². The van der Waals surface area contributed by atoms with E-state index in [1.165, 1.54) is 12.3 Å². The number of nitrogens with one attached hydrogen (secondary N) is 1. The number of thioether (sulfide) groups is 1. The average Bonchev–Trinajstić information content (AvgIpc) is 3.33. The van der Waals surface area contributed by atoms with Crippen LogP contribution in [0.1, 0.15) is 24.2 Å². The van der Waals surface area contributed by atoms with Crippen LogP contribution < -0.4 is 5.32 Å². The fraction of sp³-hybridized carbons (Fsp3) is 0.250. The van der Waals surface area contributed by atoms with Gasteiger partial charge in [0, 0.05) is 16.4 Å². The molecule has 170 valence electrons. The van der Waals surface area contributed by atoms with Crippen LogP contribution in [0.3, 0.4) is 0 Å². The van der Waals surface area contributed by atoms with Crippen LogP contribution in [0.4, 0.5) is 5.69 Å². The maximum absolute atomic E-state index is 12.7. The fourth-order valence-electron chi connectivity index (χ4n) is 3.41. The minimum absolute atomic E-state index is 0.0252. The number of esters is 1. The molecule has 1 N–H and O–H groups in total. The predicted octanol–water partition coefficient (Wildman–Crippen LogP) is 5.25. The van der Waals surface area contributed by atoms with Crippen molar-refractivity contribution in [3.05, 3.63) is 76.9 Å². The van der Waals surface area contributed by atoms with Crippen LogP contribution in [0.2, 0.25) is 5.02 Å². The highest BCUT2D eigenvalue weighted by Gasteiger charge is 2.41. The smallest absolute Gasteiger partial charge is 0.336 e. The average molecular weight is 484 g/mol. The monoisotopic (exact) mass is 483 g/mol. The molecule has 2 atom stereocenters. The Morgan fingerprint density at radius 1 is 1.36 bits per heavy atom. The zero-order valence-corrected chi connectivity index (χ0v) is 19.7. The molecule has 0 fully saturated rings. The first-order valence-electron chi connectivity index (χ1n) is 10.1. The quantitative estimate of drug-likeness (QED) is 0.426. The first kappa shape index (κ1) is 24.4. The molecule has 1 aliphatic heterocycles. The molecule has 2 aromatic rings. The molecular weight excluding hydrogens is 462 g/mol. The highest BCUT2D eigenvalue weighted by atomic mass is 35.5. The zero-order chi connectivity index (χ0) is 24.0. The first-order chi connectivity index (χ1) is 15.9. The zero-order valence-electron chi connectivity index (χ0n) is 18.1. The van der Waals surface area contributed by atoms with Crippen LogP contribution in [-0.4, -0.2) is 29.3 Å². The number of amides is 1. The van der Waals surface area contributed by atoms with E-state index in [0.29, 0.717) is 27.2 Å². The van der Waals surface area contributed by atoms with E-state index in [0.717, 1.165) is 17.3 Å². The standard InChI is InChI=1S/C24H22ClN3O4S/c1-4-10-32-24(30)21-15(3)27-23(16(12-26)22(21)19-9-6-11-31-19)33-13-20(29)28-18-8-5-7-17(25)14(18)2/h4-9,11,16,22H,1,10,13H2,2-3H3,(H,28,29)/t16?,22-/m1/s1. The summed E-state index contributed by atoms with van der Waals surface area (Å²) in [6.07, 6.45) is 2.94. The van der Waals surface area contributed by atoms with E-state index in [2.05, 4.69) is 23.0 Å². The van der Waals surface area contributed by atoms with Gasteiger partial charge in [-0.25, -0.2) is 9.79 Å². The van der Waals surface area contributed by atoms with Crippen molar-refractivity contribution >= 4 is 46.0 Å². The van der Waals surface area contributed by atoms with Crippen LogP contribution in [0.5, 0.6) is 0 Å². The third-order valence-corrected chi connectivity index (χ3v) is 6.47. The summed E-state index contributed by atoms with van der Waals surface area (Å²) in [5.41, 5.74) is 2.04. The van der Waals surface area contributed by atoms with Gasteiger partial charge in [0.1, 0.15) is 18.3 Å². The van der Waals surface area contributed by atoms with E-state index >= 15 is 0 Å². The van der Waals surface area contributed by atoms with E-state index in [1.54, 1.807) is 37.3 Å². The van der Waals surface area contributed by atoms with Crippen LogP contribution in [0, 0.1) is 24.2 Å². The lowest BCUT2D eigenvalue weighted by atomic mass is 9.82. The molecule has 1 aromatic heterocycles. The molecule has 0 aliphatic carbocycles. The van der Waals surface area contributed by atoms with Gasteiger partial charge in [-0.1, -0.05) is 42.1 Å². The number of carbonyl (C=O) groups excluding carboxylic acids is 2. The minimum Gasteiger partial charge on any atom is -0.469 e. The van der Waals surface area contributed by atoms with Gasteiger partial charge in [-0.3, -0.25) is 4.79 Å². The number of nitriles is 1. The number of ether oxygens (including phenoxy) is 1. The summed E-state index contributed by atoms with van der Waals surface area (Å²) < 4.78 is 10.8. The third-order valence-electron chi connectivity index (χ3n) is 5.01. The molecule has 0 saturated heterocycles. The van der Waals surface area contributed by atoms with Crippen LogP contribution in [0.25, 0.3) is 0 Å². The lowest BCUT2D eigenvalue weighted by Gasteiger charge is -2.28. The van der Waals surface area contributed by atoms with E-state index < -0.39 is 17.8 Å². The second kappa shape index (κ2) is 11.0. The van der Waals surface area contributed by atoms with E-state index in [1.807, 2.05) is 6.92 Å². The van der Waals surface area contributed by atoms with Crippen LogP contribution in [-0.2, 0) is 14.3 Å². The number of rotatable bonds is 7. The number of halogens is 1. The van der Waals surface area contributed by atoms with E-state index in [-0.39, 0.29) is 23.8 Å². The Kier molecular flexibility index (Phi) is 8.15. The maximum Gasteiger partial charge on any atom is 0.336 e. The first-order valence-corrected chi connectivity index (χ1v) is 11.4. The molecule has 1 amide bonds. The third kappa shape index (κ3) is 5.56. The molecule has 33 heavy (non-hydrogen) atoms. The number of hydrogen-bond acceptors (Lipinski definition) is 7. The molecule has 0 bridgehead atoms. The Morgan fingerprint density at radius 3 is 2.82 bits per heavy atom. The molecule has 1 unspecified atom stereocenters.